The van der Waals surface area contributed by atoms with Crippen molar-refractivity contribution in [2.75, 3.05) is 5.32 Å². The zero-order valence-corrected chi connectivity index (χ0v) is 14.0. The van der Waals surface area contributed by atoms with Gasteiger partial charge in [-0.25, -0.2) is 0 Å². The molecule has 0 bridgehead atoms. The van der Waals surface area contributed by atoms with Gasteiger partial charge >= 0.3 is 0 Å². The third kappa shape index (κ3) is 3.14. The van der Waals surface area contributed by atoms with Crippen molar-refractivity contribution in [1.82, 2.24) is 0 Å². The third-order valence-electron chi connectivity index (χ3n) is 3.93. The van der Waals surface area contributed by atoms with E-state index in [1.807, 2.05) is 25.1 Å². The summed E-state index contributed by atoms with van der Waals surface area (Å²) in [6, 6.07) is 11.8. The van der Waals surface area contributed by atoms with E-state index < -0.39 is 0 Å². The summed E-state index contributed by atoms with van der Waals surface area (Å²) in [6.45, 7) is 1.96. The van der Waals surface area contributed by atoms with Gasteiger partial charge in [-0.2, -0.15) is 0 Å². The number of carbonyl (C=O) groups is 1. The molecule has 2 aromatic rings. The molecule has 4 heteroatoms. The number of amides is 1. The number of benzene rings is 2. The molecule has 1 amide bonds. The lowest BCUT2D eigenvalue weighted by atomic mass is 10.1. The van der Waals surface area contributed by atoms with E-state index in [-0.39, 0.29) is 11.8 Å². The fourth-order valence-corrected chi connectivity index (χ4v) is 3.32. The highest BCUT2D eigenvalue weighted by Gasteiger charge is 2.27. The normalized spacial score (nSPS) is 16.6. The highest BCUT2D eigenvalue weighted by Crippen LogP contribution is 2.30. The van der Waals surface area contributed by atoms with Gasteiger partial charge in [-0.1, -0.05) is 39.7 Å². The summed E-state index contributed by atoms with van der Waals surface area (Å²) in [7, 11) is 0. The minimum atomic E-state index is -0.00678. The molecule has 0 saturated carbocycles. The lowest BCUT2D eigenvalue weighted by molar-refractivity contribution is -0.119. The van der Waals surface area contributed by atoms with Crippen molar-refractivity contribution in [3.8, 4) is 0 Å². The molecule has 0 fully saturated rings. The molecule has 0 aliphatic heterocycles. The van der Waals surface area contributed by atoms with Gasteiger partial charge in [0.25, 0.3) is 0 Å². The molecule has 0 aromatic heterocycles. The van der Waals surface area contributed by atoms with Crippen LogP contribution in [0.5, 0.6) is 0 Å². The maximum absolute atomic E-state index is 12.5. The zero-order valence-electron chi connectivity index (χ0n) is 11.6. The highest BCUT2D eigenvalue weighted by molar-refractivity contribution is 9.10. The van der Waals surface area contributed by atoms with Gasteiger partial charge in [0.1, 0.15) is 0 Å². The Morgan fingerprint density at radius 3 is 2.76 bits per heavy atom. The Bertz CT molecular complexity index is 714. The third-order valence-corrected chi connectivity index (χ3v) is 4.66. The lowest BCUT2D eigenvalue weighted by Gasteiger charge is -2.12. The monoisotopic (exact) mass is 363 g/mol. The number of fused-ring (bicyclic) bond motifs is 1. The molecule has 3 rings (SSSR count). The van der Waals surface area contributed by atoms with E-state index >= 15 is 0 Å². The van der Waals surface area contributed by atoms with Crippen molar-refractivity contribution in [1.29, 1.82) is 0 Å². The number of aryl methyl sites for hydroxylation is 1. The molecular formula is C17H15BrClNO. The van der Waals surface area contributed by atoms with Crippen LogP contribution < -0.4 is 5.32 Å². The van der Waals surface area contributed by atoms with Crippen LogP contribution in [0.1, 0.15) is 16.7 Å². The maximum atomic E-state index is 12.5. The first-order valence-corrected chi connectivity index (χ1v) is 8.04. The summed E-state index contributed by atoms with van der Waals surface area (Å²) in [4.78, 5) is 12.5. The van der Waals surface area contributed by atoms with Crippen molar-refractivity contribution in [2.45, 2.75) is 19.8 Å². The molecule has 108 valence electrons. The number of anilines is 1. The molecule has 0 heterocycles. The molecule has 1 N–H and O–H groups in total. The molecule has 0 radical (unpaired) electrons. The minimum Gasteiger partial charge on any atom is -0.326 e. The van der Waals surface area contributed by atoms with Gasteiger partial charge in [0.2, 0.25) is 5.91 Å². The molecule has 1 atom stereocenters. The lowest BCUT2D eigenvalue weighted by Crippen LogP contribution is -2.23. The largest absolute Gasteiger partial charge is 0.326 e. The quantitative estimate of drug-likeness (QED) is 0.817. The fraction of sp³-hybridized carbons (Fsp3) is 0.235. The SMILES string of the molecule is Cc1ccc(Cl)cc1NC(=O)C1Cc2ccc(Br)cc2C1. The van der Waals surface area contributed by atoms with Gasteiger partial charge in [-0.3, -0.25) is 4.79 Å². The van der Waals surface area contributed by atoms with Crippen LogP contribution in [-0.4, -0.2) is 5.91 Å². The number of halogens is 2. The molecule has 1 unspecified atom stereocenters. The van der Waals surface area contributed by atoms with Gasteiger partial charge in [-0.15, -0.1) is 0 Å². The van der Waals surface area contributed by atoms with Crippen LogP contribution in [0.25, 0.3) is 0 Å². The van der Waals surface area contributed by atoms with Gasteiger partial charge in [0, 0.05) is 21.1 Å². The molecule has 1 aliphatic rings. The van der Waals surface area contributed by atoms with E-state index in [0.29, 0.717) is 5.02 Å². The average molecular weight is 365 g/mol. The molecular weight excluding hydrogens is 350 g/mol. The highest BCUT2D eigenvalue weighted by atomic mass is 79.9. The van der Waals surface area contributed by atoms with Crippen LogP contribution in [0, 0.1) is 12.8 Å². The molecule has 0 spiro atoms. The number of hydrogen-bond acceptors (Lipinski definition) is 1. The van der Waals surface area contributed by atoms with E-state index in [9.17, 15) is 4.79 Å². The van der Waals surface area contributed by atoms with Crippen LogP contribution in [0.2, 0.25) is 5.02 Å². The first-order valence-electron chi connectivity index (χ1n) is 6.87. The number of hydrogen-bond donors (Lipinski definition) is 1. The Balaban J connectivity index is 1.74. The Labute approximate surface area is 137 Å². The minimum absolute atomic E-state index is 0.00678. The summed E-state index contributed by atoms with van der Waals surface area (Å²) in [5, 5.41) is 3.64. The van der Waals surface area contributed by atoms with Crippen LogP contribution in [0.4, 0.5) is 5.69 Å². The van der Waals surface area contributed by atoms with Crippen LogP contribution in [0.15, 0.2) is 40.9 Å². The summed E-state index contributed by atoms with van der Waals surface area (Å²) in [5.41, 5.74) is 4.34. The predicted octanol–water partition coefficient (Wildman–Crippen LogP) is 4.76. The van der Waals surface area contributed by atoms with Gasteiger partial charge in [-0.05, 0) is 60.7 Å². The first kappa shape index (κ1) is 14.6. The van der Waals surface area contributed by atoms with Crippen molar-refractivity contribution in [3.05, 3.63) is 62.6 Å². The van der Waals surface area contributed by atoms with Crippen LogP contribution in [-0.2, 0) is 17.6 Å². The molecule has 2 nitrogen and oxygen atoms in total. The second kappa shape index (κ2) is 5.82. The Morgan fingerprint density at radius 2 is 1.95 bits per heavy atom. The van der Waals surface area contributed by atoms with Crippen LogP contribution >= 0.6 is 27.5 Å². The van der Waals surface area contributed by atoms with Crippen LogP contribution in [0.3, 0.4) is 0 Å². The molecule has 21 heavy (non-hydrogen) atoms. The van der Waals surface area contributed by atoms with Crippen molar-refractivity contribution >= 4 is 39.1 Å². The van der Waals surface area contributed by atoms with Gasteiger partial charge < -0.3 is 5.32 Å². The van der Waals surface area contributed by atoms with Crippen molar-refractivity contribution in [3.63, 3.8) is 0 Å². The summed E-state index contributed by atoms with van der Waals surface area (Å²) in [5.74, 6) is 0.0559. The Kier molecular flexibility index (Phi) is 4.05. The molecule has 2 aromatic carbocycles. The smallest absolute Gasteiger partial charge is 0.228 e. The number of rotatable bonds is 2. The summed E-state index contributed by atoms with van der Waals surface area (Å²) >= 11 is 9.47. The molecule has 1 aliphatic carbocycles. The van der Waals surface area contributed by atoms with E-state index in [1.165, 1.54) is 11.1 Å². The maximum Gasteiger partial charge on any atom is 0.228 e. The fourth-order valence-electron chi connectivity index (χ4n) is 2.74. The first-order chi connectivity index (χ1) is 10.0. The van der Waals surface area contributed by atoms with Crippen molar-refractivity contribution < 1.29 is 4.79 Å². The second-order valence-electron chi connectivity index (χ2n) is 5.47. The van der Waals surface area contributed by atoms with E-state index in [0.717, 1.165) is 28.6 Å². The predicted molar refractivity (Wildman–Crippen MR) is 89.9 cm³/mol. The number of nitrogens with one attached hydrogen (secondary N) is 1. The average Bonchev–Trinajstić information content (AvgIpc) is 2.86. The summed E-state index contributed by atoms with van der Waals surface area (Å²) in [6.07, 6.45) is 1.59. The van der Waals surface area contributed by atoms with E-state index in [2.05, 4.69) is 33.4 Å². The number of carbonyl (C=O) groups excluding carboxylic acids is 1. The summed E-state index contributed by atoms with van der Waals surface area (Å²) < 4.78 is 1.06. The van der Waals surface area contributed by atoms with Gasteiger partial charge in [0.15, 0.2) is 0 Å². The zero-order chi connectivity index (χ0) is 15.0. The topological polar surface area (TPSA) is 29.1 Å². The van der Waals surface area contributed by atoms with E-state index in [1.54, 1.807) is 6.07 Å². The van der Waals surface area contributed by atoms with E-state index in [4.69, 9.17) is 11.6 Å². The van der Waals surface area contributed by atoms with Gasteiger partial charge in [0.05, 0.1) is 0 Å². The molecule has 0 saturated heterocycles. The van der Waals surface area contributed by atoms with Crippen molar-refractivity contribution in [2.24, 2.45) is 5.92 Å². The standard InChI is InChI=1S/C17H15BrClNO/c1-10-2-5-15(19)9-16(10)20-17(21)13-6-11-3-4-14(18)8-12(11)7-13/h2-5,8-9,13H,6-7H2,1H3,(H,20,21). The Morgan fingerprint density at radius 1 is 1.19 bits per heavy atom. The second-order valence-corrected chi connectivity index (χ2v) is 6.82. The Hall–Kier alpha value is -1.32.